The molecule has 0 bridgehead atoms. The number of carbonyl (C=O) groups is 1. The van der Waals surface area contributed by atoms with Crippen LogP contribution in [-0.4, -0.2) is 37.1 Å². The van der Waals surface area contributed by atoms with E-state index in [4.69, 9.17) is 0 Å². The number of hydrogen-bond acceptors (Lipinski definition) is 5. The molecule has 23 heavy (non-hydrogen) atoms. The van der Waals surface area contributed by atoms with E-state index in [1.165, 1.54) is 4.57 Å². The first-order chi connectivity index (χ1) is 11.0. The highest BCUT2D eigenvalue weighted by Crippen LogP contribution is 2.00. The van der Waals surface area contributed by atoms with Crippen LogP contribution in [-0.2, 0) is 13.1 Å². The van der Waals surface area contributed by atoms with Gasteiger partial charge >= 0.3 is 11.7 Å². The number of urea groups is 1. The number of aromatic nitrogens is 5. The molecule has 0 fully saturated rings. The van der Waals surface area contributed by atoms with E-state index in [9.17, 15) is 9.59 Å². The summed E-state index contributed by atoms with van der Waals surface area (Å²) in [5, 5.41) is 13.0. The first-order valence-corrected chi connectivity index (χ1v) is 7.49. The monoisotopic (exact) mass is 319 g/mol. The first kappa shape index (κ1) is 16.7. The molecule has 0 aliphatic heterocycles. The van der Waals surface area contributed by atoms with Gasteiger partial charge in [-0.2, -0.15) is 4.98 Å². The summed E-state index contributed by atoms with van der Waals surface area (Å²) in [5.41, 5.74) is 1.18. The van der Waals surface area contributed by atoms with Crippen LogP contribution in [0.2, 0.25) is 0 Å². The van der Waals surface area contributed by atoms with Gasteiger partial charge in [0.05, 0.1) is 6.20 Å². The Hall–Kier alpha value is -2.71. The molecule has 0 aliphatic carbocycles. The maximum absolute atomic E-state index is 11.8. The quantitative estimate of drug-likeness (QED) is 0.814. The molecule has 0 unspecified atom stereocenters. The van der Waals surface area contributed by atoms with E-state index >= 15 is 0 Å². The fourth-order valence-corrected chi connectivity index (χ4v) is 2.18. The van der Waals surface area contributed by atoms with E-state index in [1.807, 2.05) is 19.9 Å². The third-order valence-corrected chi connectivity index (χ3v) is 3.20. The van der Waals surface area contributed by atoms with E-state index in [2.05, 4.69) is 25.9 Å². The lowest BCUT2D eigenvalue weighted by atomic mass is 10.3. The van der Waals surface area contributed by atoms with Gasteiger partial charge < -0.3 is 5.32 Å². The SMILES string of the molecule is CCCn1cc(NC(=O)NCCn2c(C)cc(C)nc2=O)nn1. The fraction of sp³-hybridized carbons (Fsp3) is 0.500. The van der Waals surface area contributed by atoms with Gasteiger partial charge in [-0.25, -0.2) is 9.59 Å². The normalized spacial score (nSPS) is 10.6. The van der Waals surface area contributed by atoms with Crippen molar-refractivity contribution < 1.29 is 4.79 Å². The Bertz CT molecular complexity index is 735. The molecular weight excluding hydrogens is 298 g/mol. The number of aryl methyl sites for hydroxylation is 3. The third-order valence-electron chi connectivity index (χ3n) is 3.20. The number of carbonyl (C=O) groups excluding carboxylic acids is 1. The van der Waals surface area contributed by atoms with Crippen LogP contribution in [0, 0.1) is 13.8 Å². The van der Waals surface area contributed by atoms with Crippen molar-refractivity contribution in [1.29, 1.82) is 0 Å². The van der Waals surface area contributed by atoms with Crippen LogP contribution in [0.25, 0.3) is 0 Å². The molecule has 2 N–H and O–H groups in total. The molecule has 9 nitrogen and oxygen atoms in total. The second-order valence-electron chi connectivity index (χ2n) is 5.22. The smallest absolute Gasteiger partial charge is 0.336 e. The molecular formula is C14H21N7O2. The number of rotatable bonds is 6. The number of hydrogen-bond donors (Lipinski definition) is 2. The molecule has 0 aliphatic rings. The zero-order chi connectivity index (χ0) is 16.8. The molecule has 0 spiro atoms. The van der Waals surface area contributed by atoms with Gasteiger partial charge in [0, 0.05) is 31.0 Å². The second kappa shape index (κ2) is 7.52. The Morgan fingerprint density at radius 2 is 2.09 bits per heavy atom. The van der Waals surface area contributed by atoms with E-state index in [0.717, 1.165) is 18.7 Å². The molecule has 2 aromatic heterocycles. The number of nitrogens with one attached hydrogen (secondary N) is 2. The van der Waals surface area contributed by atoms with Crippen LogP contribution in [0.5, 0.6) is 0 Å². The van der Waals surface area contributed by atoms with Crippen molar-refractivity contribution in [2.45, 2.75) is 40.3 Å². The molecule has 0 radical (unpaired) electrons. The summed E-state index contributed by atoms with van der Waals surface area (Å²) in [6, 6.07) is 1.44. The van der Waals surface area contributed by atoms with Crippen molar-refractivity contribution in [3.05, 3.63) is 34.1 Å². The predicted octanol–water partition coefficient (Wildman–Crippen LogP) is 0.683. The number of amides is 2. The Balaban J connectivity index is 1.84. The number of nitrogens with zero attached hydrogens (tertiary/aromatic N) is 5. The van der Waals surface area contributed by atoms with Gasteiger partial charge in [0.1, 0.15) is 0 Å². The molecule has 0 atom stereocenters. The lowest BCUT2D eigenvalue weighted by Gasteiger charge is -2.10. The minimum Gasteiger partial charge on any atom is -0.336 e. The van der Waals surface area contributed by atoms with Gasteiger partial charge in [-0.05, 0) is 26.3 Å². The van der Waals surface area contributed by atoms with Crippen LogP contribution in [0.3, 0.4) is 0 Å². The van der Waals surface area contributed by atoms with Crippen molar-refractivity contribution in [3.63, 3.8) is 0 Å². The average Bonchev–Trinajstić information content (AvgIpc) is 2.89. The highest BCUT2D eigenvalue weighted by Gasteiger charge is 2.07. The minimum atomic E-state index is -0.390. The summed E-state index contributed by atoms with van der Waals surface area (Å²) < 4.78 is 3.18. The van der Waals surface area contributed by atoms with Crippen LogP contribution >= 0.6 is 0 Å². The van der Waals surface area contributed by atoms with Gasteiger partial charge in [0.15, 0.2) is 5.82 Å². The van der Waals surface area contributed by atoms with Gasteiger partial charge in [0.25, 0.3) is 0 Å². The van der Waals surface area contributed by atoms with Crippen molar-refractivity contribution in [3.8, 4) is 0 Å². The highest BCUT2D eigenvalue weighted by molar-refractivity contribution is 5.87. The molecule has 2 heterocycles. The molecule has 0 aromatic carbocycles. The third kappa shape index (κ3) is 4.63. The van der Waals surface area contributed by atoms with E-state index in [1.54, 1.807) is 17.8 Å². The molecule has 2 amide bonds. The molecule has 0 saturated carbocycles. The van der Waals surface area contributed by atoms with Crippen LogP contribution in [0.4, 0.5) is 10.6 Å². The Morgan fingerprint density at radius 3 is 2.78 bits per heavy atom. The topological polar surface area (TPSA) is 107 Å². The summed E-state index contributed by atoms with van der Waals surface area (Å²) in [6.07, 6.45) is 2.61. The zero-order valence-corrected chi connectivity index (χ0v) is 13.5. The standard InChI is InChI=1S/C14H21N7O2/c1-4-6-20-9-12(18-19-20)17-13(22)15-5-7-21-11(3)8-10(2)16-14(21)23/h8-9H,4-7H2,1-3H3,(H2,15,17,22). The predicted molar refractivity (Wildman–Crippen MR) is 85.3 cm³/mol. The molecule has 9 heteroatoms. The molecule has 2 aromatic rings. The molecule has 0 saturated heterocycles. The summed E-state index contributed by atoms with van der Waals surface area (Å²) in [6.45, 7) is 7.05. The number of anilines is 1. The van der Waals surface area contributed by atoms with Crippen molar-refractivity contribution in [2.75, 3.05) is 11.9 Å². The Kier molecular flexibility index (Phi) is 5.45. The largest absolute Gasteiger partial charge is 0.348 e. The first-order valence-electron chi connectivity index (χ1n) is 7.49. The van der Waals surface area contributed by atoms with Gasteiger partial charge in [-0.3, -0.25) is 14.6 Å². The second-order valence-corrected chi connectivity index (χ2v) is 5.22. The average molecular weight is 319 g/mol. The zero-order valence-electron chi connectivity index (χ0n) is 13.5. The lowest BCUT2D eigenvalue weighted by molar-refractivity contribution is 0.251. The summed E-state index contributed by atoms with van der Waals surface area (Å²) >= 11 is 0. The van der Waals surface area contributed by atoms with Crippen LogP contribution < -0.4 is 16.3 Å². The summed E-state index contributed by atoms with van der Waals surface area (Å²) in [7, 11) is 0. The summed E-state index contributed by atoms with van der Waals surface area (Å²) in [5.74, 6) is 0.390. The fourth-order valence-electron chi connectivity index (χ4n) is 2.18. The van der Waals surface area contributed by atoms with Crippen LogP contribution in [0.1, 0.15) is 24.7 Å². The Labute approximate surface area is 133 Å². The van der Waals surface area contributed by atoms with E-state index < -0.39 is 0 Å². The van der Waals surface area contributed by atoms with Gasteiger partial charge in [-0.1, -0.05) is 12.1 Å². The van der Waals surface area contributed by atoms with Gasteiger partial charge in [-0.15, -0.1) is 5.10 Å². The molecule has 124 valence electrons. The summed E-state index contributed by atoms with van der Waals surface area (Å²) in [4.78, 5) is 27.5. The highest BCUT2D eigenvalue weighted by atomic mass is 16.2. The lowest BCUT2D eigenvalue weighted by Crippen LogP contribution is -2.35. The van der Waals surface area contributed by atoms with Crippen molar-refractivity contribution in [1.82, 2.24) is 29.9 Å². The van der Waals surface area contributed by atoms with Gasteiger partial charge in [0.2, 0.25) is 0 Å². The maximum atomic E-state index is 11.8. The van der Waals surface area contributed by atoms with Crippen molar-refractivity contribution >= 4 is 11.8 Å². The van der Waals surface area contributed by atoms with Crippen molar-refractivity contribution in [2.24, 2.45) is 0 Å². The Morgan fingerprint density at radius 1 is 1.30 bits per heavy atom. The molecule has 2 rings (SSSR count). The van der Waals surface area contributed by atoms with E-state index in [0.29, 0.717) is 24.6 Å². The van der Waals surface area contributed by atoms with E-state index in [-0.39, 0.29) is 11.7 Å². The minimum absolute atomic E-state index is 0.306. The maximum Gasteiger partial charge on any atom is 0.348 e. The van der Waals surface area contributed by atoms with Crippen LogP contribution in [0.15, 0.2) is 17.1 Å².